The molecule has 1 unspecified atom stereocenters. The average Bonchev–Trinajstić information content (AvgIpc) is 3.43. The highest BCUT2D eigenvalue weighted by Gasteiger charge is 2.38. The van der Waals surface area contributed by atoms with E-state index in [1.807, 2.05) is 13.0 Å². The minimum Gasteiger partial charge on any atom is -0.324 e. The molecule has 2 heterocycles. The monoisotopic (exact) mass is 400 g/mol. The molecule has 0 spiro atoms. The number of imidazole rings is 1. The normalized spacial score (nSPS) is 19.9. The van der Waals surface area contributed by atoms with Crippen LogP contribution in [-0.4, -0.2) is 43.9 Å². The van der Waals surface area contributed by atoms with Gasteiger partial charge in [-0.25, -0.2) is 4.79 Å². The first kappa shape index (κ1) is 18.9. The van der Waals surface area contributed by atoms with Crippen LogP contribution >= 0.6 is 11.8 Å². The van der Waals surface area contributed by atoms with E-state index in [-0.39, 0.29) is 23.4 Å². The first-order valence-corrected chi connectivity index (χ1v) is 10.8. The van der Waals surface area contributed by atoms with Crippen molar-refractivity contribution < 1.29 is 9.59 Å². The second-order valence-corrected chi connectivity index (χ2v) is 8.42. The Balaban J connectivity index is 1.49. The minimum atomic E-state index is -0.446. The van der Waals surface area contributed by atoms with E-state index in [0.29, 0.717) is 23.0 Å². The molecule has 1 saturated carbocycles. The van der Waals surface area contributed by atoms with Gasteiger partial charge in [-0.1, -0.05) is 18.9 Å². The van der Waals surface area contributed by atoms with Crippen molar-refractivity contribution in [3.63, 3.8) is 0 Å². The molecule has 2 aromatic rings. The fraction of sp³-hybridized carbons (Fsp3) is 0.450. The maximum absolute atomic E-state index is 12.9. The number of amides is 2. The van der Waals surface area contributed by atoms with E-state index in [2.05, 4.69) is 10.3 Å². The lowest BCUT2D eigenvalue weighted by molar-refractivity contribution is -0.139. The summed E-state index contributed by atoms with van der Waals surface area (Å²) in [5, 5.41) is 2.93. The topological polar surface area (TPSA) is 87.2 Å². The molecule has 28 heavy (non-hydrogen) atoms. The molecule has 7 nitrogen and oxygen atoms in total. The van der Waals surface area contributed by atoms with Crippen LogP contribution in [-0.2, 0) is 9.59 Å². The summed E-state index contributed by atoms with van der Waals surface area (Å²) in [5.41, 5.74) is 1.86. The molecule has 1 aromatic heterocycles. The fourth-order valence-electron chi connectivity index (χ4n) is 4.01. The summed E-state index contributed by atoms with van der Waals surface area (Å²) in [4.78, 5) is 42.1. The molecule has 8 heteroatoms. The van der Waals surface area contributed by atoms with Gasteiger partial charge in [0.05, 0.1) is 11.6 Å². The second-order valence-electron chi connectivity index (χ2n) is 7.42. The Bertz CT molecular complexity index is 945. The molecule has 1 aliphatic heterocycles. The highest BCUT2D eigenvalue weighted by Crippen LogP contribution is 2.31. The average molecular weight is 401 g/mol. The van der Waals surface area contributed by atoms with Gasteiger partial charge in [0.1, 0.15) is 6.04 Å². The highest BCUT2D eigenvalue weighted by atomic mass is 32.2. The molecule has 0 radical (unpaired) electrons. The van der Waals surface area contributed by atoms with Crippen LogP contribution in [0.2, 0.25) is 0 Å². The van der Waals surface area contributed by atoms with E-state index in [9.17, 15) is 14.4 Å². The van der Waals surface area contributed by atoms with Gasteiger partial charge >= 0.3 is 5.69 Å². The summed E-state index contributed by atoms with van der Waals surface area (Å²) in [6.45, 7) is 1.84. The predicted molar refractivity (Wildman–Crippen MR) is 110 cm³/mol. The fourth-order valence-corrected chi connectivity index (χ4v) is 5.17. The lowest BCUT2D eigenvalue weighted by atomic mass is 10.1. The SMILES string of the molecule is Cc1c[nH]c(=O)n1-c1cccc(NC(=O)C2CSCN2C(=O)C2CCCC2)c1. The van der Waals surface area contributed by atoms with Gasteiger partial charge in [0.15, 0.2) is 0 Å². The van der Waals surface area contributed by atoms with Gasteiger partial charge in [0.2, 0.25) is 11.8 Å². The Labute approximate surface area is 167 Å². The number of hydrogen-bond donors (Lipinski definition) is 2. The van der Waals surface area contributed by atoms with Gasteiger partial charge in [0.25, 0.3) is 0 Å². The van der Waals surface area contributed by atoms with E-state index in [1.165, 1.54) is 0 Å². The molecule has 1 aromatic carbocycles. The van der Waals surface area contributed by atoms with Crippen LogP contribution in [0.25, 0.3) is 5.69 Å². The molecule has 4 rings (SSSR count). The number of H-pyrrole nitrogens is 1. The third-order valence-corrected chi connectivity index (χ3v) is 6.52. The van der Waals surface area contributed by atoms with Crippen LogP contribution in [0, 0.1) is 12.8 Å². The van der Waals surface area contributed by atoms with Crippen molar-refractivity contribution in [1.29, 1.82) is 0 Å². The number of aryl methyl sites for hydroxylation is 1. The van der Waals surface area contributed by atoms with Crippen molar-refractivity contribution in [2.24, 2.45) is 5.92 Å². The Morgan fingerprint density at radius 2 is 2.04 bits per heavy atom. The Morgan fingerprint density at radius 3 is 2.75 bits per heavy atom. The highest BCUT2D eigenvalue weighted by molar-refractivity contribution is 7.99. The van der Waals surface area contributed by atoms with E-state index in [0.717, 1.165) is 31.4 Å². The quantitative estimate of drug-likeness (QED) is 0.826. The number of hydrogen-bond acceptors (Lipinski definition) is 4. The Kier molecular flexibility index (Phi) is 5.30. The van der Waals surface area contributed by atoms with Gasteiger partial charge in [-0.2, -0.15) is 0 Å². The number of carbonyl (C=O) groups is 2. The maximum atomic E-state index is 12.9. The standard InChI is InChI=1S/C20H24N4O3S/c1-13-10-21-20(27)24(13)16-8-4-7-15(9-16)22-18(25)17-11-28-12-23(17)19(26)14-5-2-3-6-14/h4,7-10,14,17H,2-3,5-6,11-12H2,1H3,(H,21,27)(H,22,25). The van der Waals surface area contributed by atoms with Crippen molar-refractivity contribution >= 4 is 29.3 Å². The Hall–Kier alpha value is -2.48. The van der Waals surface area contributed by atoms with Crippen LogP contribution in [0.3, 0.4) is 0 Å². The van der Waals surface area contributed by atoms with Crippen LogP contribution in [0.5, 0.6) is 0 Å². The second kappa shape index (κ2) is 7.87. The third kappa shape index (κ3) is 3.61. The zero-order chi connectivity index (χ0) is 19.7. The molecule has 2 fully saturated rings. The molecular weight excluding hydrogens is 376 g/mol. The van der Waals surface area contributed by atoms with E-state index in [4.69, 9.17) is 0 Å². The van der Waals surface area contributed by atoms with Crippen molar-refractivity contribution in [3.05, 3.63) is 46.6 Å². The molecule has 2 N–H and O–H groups in total. The molecule has 148 valence electrons. The first-order chi connectivity index (χ1) is 13.5. The summed E-state index contributed by atoms with van der Waals surface area (Å²) < 4.78 is 1.55. The van der Waals surface area contributed by atoms with Gasteiger partial charge in [-0.15, -0.1) is 11.8 Å². The zero-order valence-electron chi connectivity index (χ0n) is 15.8. The number of benzene rings is 1. The van der Waals surface area contributed by atoms with Crippen LogP contribution in [0.15, 0.2) is 35.3 Å². The lowest BCUT2D eigenvalue weighted by Gasteiger charge is -2.25. The number of nitrogens with zero attached hydrogens (tertiary/aromatic N) is 2. The summed E-state index contributed by atoms with van der Waals surface area (Å²) in [6.07, 6.45) is 5.70. The van der Waals surface area contributed by atoms with Gasteiger partial charge in [-0.3, -0.25) is 14.2 Å². The van der Waals surface area contributed by atoms with Gasteiger partial charge < -0.3 is 15.2 Å². The largest absolute Gasteiger partial charge is 0.330 e. The minimum absolute atomic E-state index is 0.0702. The number of anilines is 1. The number of aromatic nitrogens is 2. The van der Waals surface area contributed by atoms with E-state index in [1.54, 1.807) is 45.6 Å². The van der Waals surface area contributed by atoms with Crippen LogP contribution < -0.4 is 11.0 Å². The van der Waals surface area contributed by atoms with Crippen molar-refractivity contribution in [2.45, 2.75) is 38.6 Å². The summed E-state index contributed by atoms with van der Waals surface area (Å²) in [5.74, 6) is 1.20. The number of carbonyl (C=O) groups excluding carboxylic acids is 2. The summed E-state index contributed by atoms with van der Waals surface area (Å²) in [7, 11) is 0. The summed E-state index contributed by atoms with van der Waals surface area (Å²) in [6, 6.07) is 6.73. The maximum Gasteiger partial charge on any atom is 0.330 e. The lowest BCUT2D eigenvalue weighted by Crippen LogP contribution is -2.46. The van der Waals surface area contributed by atoms with E-state index >= 15 is 0 Å². The molecule has 2 aliphatic rings. The number of aromatic amines is 1. The number of rotatable bonds is 4. The van der Waals surface area contributed by atoms with Crippen LogP contribution in [0.4, 0.5) is 5.69 Å². The van der Waals surface area contributed by atoms with Gasteiger partial charge in [-0.05, 0) is 38.0 Å². The molecule has 1 aliphatic carbocycles. The third-order valence-electron chi connectivity index (χ3n) is 5.50. The number of nitrogens with one attached hydrogen (secondary N) is 2. The smallest absolute Gasteiger partial charge is 0.324 e. The van der Waals surface area contributed by atoms with Crippen LogP contribution in [0.1, 0.15) is 31.4 Å². The van der Waals surface area contributed by atoms with Crippen molar-refractivity contribution in [3.8, 4) is 5.69 Å². The Morgan fingerprint density at radius 1 is 1.25 bits per heavy atom. The zero-order valence-corrected chi connectivity index (χ0v) is 16.6. The first-order valence-electron chi connectivity index (χ1n) is 9.61. The molecule has 2 amide bonds. The molecular formula is C20H24N4O3S. The summed E-state index contributed by atoms with van der Waals surface area (Å²) >= 11 is 1.62. The van der Waals surface area contributed by atoms with Crippen molar-refractivity contribution in [1.82, 2.24) is 14.5 Å². The van der Waals surface area contributed by atoms with E-state index < -0.39 is 6.04 Å². The molecule has 1 atom stereocenters. The molecule has 1 saturated heterocycles. The van der Waals surface area contributed by atoms with Crippen molar-refractivity contribution in [2.75, 3.05) is 16.9 Å². The predicted octanol–water partition coefficient (Wildman–Crippen LogP) is 2.50. The number of thioether (sulfide) groups is 1. The molecule has 0 bridgehead atoms. The van der Waals surface area contributed by atoms with Gasteiger partial charge in [0, 0.05) is 29.2 Å².